The number of hydrogen-bond donors (Lipinski definition) is 1. The van der Waals surface area contributed by atoms with Gasteiger partial charge in [0.1, 0.15) is 0 Å². The second-order valence-electron chi connectivity index (χ2n) is 2.81. The molecule has 0 unspecified atom stereocenters. The summed E-state index contributed by atoms with van der Waals surface area (Å²) in [5.41, 5.74) is 0.498. The van der Waals surface area contributed by atoms with Crippen molar-refractivity contribution < 1.29 is 23.0 Å². The molecule has 7 heteroatoms. The maximum atomic E-state index is 11.8. The van der Waals surface area contributed by atoms with Gasteiger partial charge in [-0.3, -0.25) is 0 Å². The summed E-state index contributed by atoms with van der Waals surface area (Å²) in [7, 11) is 0. The number of aryl methyl sites for hydroxylation is 1. The average molecular weight is 222 g/mol. The molecule has 15 heavy (non-hydrogen) atoms. The second-order valence-corrected chi connectivity index (χ2v) is 2.81. The molecule has 0 amide bonds. The first kappa shape index (κ1) is 11.7. The predicted octanol–water partition coefficient (Wildman–Crippen LogP) is 1.22. The molecule has 0 aliphatic carbocycles. The maximum absolute atomic E-state index is 11.8. The Hall–Kier alpha value is -1.37. The van der Waals surface area contributed by atoms with E-state index in [0.717, 1.165) is 0 Å². The van der Waals surface area contributed by atoms with Crippen LogP contribution in [0.2, 0.25) is 0 Å². The Morgan fingerprint density at radius 2 is 2.13 bits per heavy atom. The van der Waals surface area contributed by atoms with E-state index in [4.69, 9.17) is 5.11 Å². The molecule has 0 spiro atoms. The molecule has 4 nitrogen and oxygen atoms in total. The van der Waals surface area contributed by atoms with Gasteiger partial charge in [-0.1, -0.05) is 0 Å². The topological polar surface area (TPSA) is 55.2 Å². The van der Waals surface area contributed by atoms with E-state index in [-0.39, 0.29) is 23.9 Å². The summed E-state index contributed by atoms with van der Waals surface area (Å²) in [5.74, 6) is -0.176. The molecular weight excluding hydrogens is 213 g/mol. The van der Waals surface area contributed by atoms with Gasteiger partial charge in [-0.2, -0.15) is 13.2 Å². The molecule has 1 heterocycles. The third kappa shape index (κ3) is 3.70. The zero-order chi connectivity index (χ0) is 11.5. The van der Waals surface area contributed by atoms with Crippen LogP contribution >= 0.6 is 0 Å². The molecule has 0 radical (unpaired) electrons. The van der Waals surface area contributed by atoms with Crippen LogP contribution in [-0.4, -0.2) is 27.9 Å². The summed E-state index contributed by atoms with van der Waals surface area (Å²) in [6.07, 6.45) is -3.23. The molecule has 1 rings (SSSR count). The maximum Gasteiger partial charge on any atom is 0.422 e. The highest BCUT2D eigenvalue weighted by Gasteiger charge is 2.29. The Morgan fingerprint density at radius 1 is 1.47 bits per heavy atom. The molecule has 1 aromatic rings. The van der Waals surface area contributed by atoms with Crippen LogP contribution in [0.15, 0.2) is 6.20 Å². The van der Waals surface area contributed by atoms with Crippen molar-refractivity contribution in [3.05, 3.63) is 17.6 Å². The molecule has 0 aliphatic rings. The standard InChI is InChI=1S/C8H9F3N2O2/c1-5-7(15-4-8(9,10)11)12-2-6(3-14)13-5/h2,14H,3-4H2,1H3. The van der Waals surface area contributed by atoms with Gasteiger partial charge in [0.05, 0.1) is 24.2 Å². The van der Waals surface area contributed by atoms with Crippen molar-refractivity contribution in [2.75, 3.05) is 6.61 Å². The quantitative estimate of drug-likeness (QED) is 0.835. The van der Waals surface area contributed by atoms with Crippen LogP contribution < -0.4 is 4.74 Å². The Balaban J connectivity index is 2.70. The van der Waals surface area contributed by atoms with Gasteiger partial charge in [0.15, 0.2) is 6.61 Å². The van der Waals surface area contributed by atoms with Crippen molar-refractivity contribution in [3.8, 4) is 5.88 Å². The summed E-state index contributed by atoms with van der Waals surface area (Å²) in [4.78, 5) is 7.39. The largest absolute Gasteiger partial charge is 0.467 e. The van der Waals surface area contributed by atoms with Crippen molar-refractivity contribution in [3.63, 3.8) is 0 Å². The summed E-state index contributed by atoms with van der Waals surface area (Å²) in [6.45, 7) is -0.258. The number of alkyl halides is 3. The number of nitrogens with zero attached hydrogens (tertiary/aromatic N) is 2. The molecule has 0 fully saturated rings. The monoisotopic (exact) mass is 222 g/mol. The van der Waals surface area contributed by atoms with E-state index >= 15 is 0 Å². The summed E-state index contributed by atoms with van der Waals surface area (Å²) >= 11 is 0. The lowest BCUT2D eigenvalue weighted by Gasteiger charge is -2.09. The normalized spacial score (nSPS) is 11.5. The molecule has 0 saturated carbocycles. The fraction of sp³-hybridized carbons (Fsp3) is 0.500. The molecule has 1 N–H and O–H groups in total. The fourth-order valence-electron chi connectivity index (χ4n) is 0.887. The zero-order valence-electron chi connectivity index (χ0n) is 7.88. The van der Waals surface area contributed by atoms with Crippen LogP contribution in [0.5, 0.6) is 5.88 Å². The van der Waals surface area contributed by atoms with Crippen LogP contribution in [-0.2, 0) is 6.61 Å². The third-order valence-electron chi connectivity index (χ3n) is 1.49. The number of aromatic nitrogens is 2. The van der Waals surface area contributed by atoms with Crippen LogP contribution in [0.4, 0.5) is 13.2 Å². The Kier molecular flexibility index (Phi) is 3.46. The van der Waals surface area contributed by atoms with E-state index < -0.39 is 12.8 Å². The minimum absolute atomic E-state index is 0.176. The van der Waals surface area contributed by atoms with Crippen molar-refractivity contribution in [2.24, 2.45) is 0 Å². The smallest absolute Gasteiger partial charge is 0.422 e. The lowest BCUT2D eigenvalue weighted by Crippen LogP contribution is -2.20. The Labute approximate surface area is 83.7 Å². The minimum atomic E-state index is -4.40. The predicted molar refractivity (Wildman–Crippen MR) is 44.2 cm³/mol. The highest BCUT2D eigenvalue weighted by atomic mass is 19.4. The van der Waals surface area contributed by atoms with E-state index in [2.05, 4.69) is 14.7 Å². The van der Waals surface area contributed by atoms with Crippen molar-refractivity contribution in [2.45, 2.75) is 19.7 Å². The highest BCUT2D eigenvalue weighted by Crippen LogP contribution is 2.18. The fourth-order valence-corrected chi connectivity index (χ4v) is 0.887. The number of aliphatic hydroxyl groups excluding tert-OH is 1. The van der Waals surface area contributed by atoms with E-state index in [0.29, 0.717) is 0 Å². The second kappa shape index (κ2) is 4.43. The van der Waals surface area contributed by atoms with Gasteiger partial charge in [0.2, 0.25) is 5.88 Å². The summed E-state index contributed by atoms with van der Waals surface area (Å²) < 4.78 is 39.8. The van der Waals surface area contributed by atoms with Gasteiger partial charge in [-0.25, -0.2) is 9.97 Å². The van der Waals surface area contributed by atoms with Gasteiger partial charge >= 0.3 is 6.18 Å². The van der Waals surface area contributed by atoms with E-state index in [1.54, 1.807) is 0 Å². The van der Waals surface area contributed by atoms with Crippen LogP contribution in [0.25, 0.3) is 0 Å². The zero-order valence-corrected chi connectivity index (χ0v) is 7.88. The van der Waals surface area contributed by atoms with Crippen LogP contribution in [0.1, 0.15) is 11.4 Å². The number of halogens is 3. The highest BCUT2D eigenvalue weighted by molar-refractivity contribution is 5.18. The Bertz CT molecular complexity index is 341. The van der Waals surface area contributed by atoms with Crippen molar-refractivity contribution >= 4 is 0 Å². The van der Waals surface area contributed by atoms with Crippen LogP contribution in [0, 0.1) is 6.92 Å². The third-order valence-corrected chi connectivity index (χ3v) is 1.49. The SMILES string of the molecule is Cc1nc(CO)cnc1OCC(F)(F)F. The lowest BCUT2D eigenvalue weighted by molar-refractivity contribution is -0.154. The van der Waals surface area contributed by atoms with Gasteiger partial charge in [-0.05, 0) is 6.92 Å². The first-order chi connectivity index (χ1) is 6.92. The summed E-state index contributed by atoms with van der Waals surface area (Å²) in [5, 5.41) is 8.69. The average Bonchev–Trinajstić information content (AvgIpc) is 2.14. The van der Waals surface area contributed by atoms with Gasteiger partial charge < -0.3 is 9.84 Å². The van der Waals surface area contributed by atoms with Gasteiger partial charge in [0.25, 0.3) is 0 Å². The number of ether oxygens (including phenoxy) is 1. The number of hydrogen-bond acceptors (Lipinski definition) is 4. The molecule has 0 aromatic carbocycles. The van der Waals surface area contributed by atoms with Crippen LogP contribution in [0.3, 0.4) is 0 Å². The van der Waals surface area contributed by atoms with Gasteiger partial charge in [-0.15, -0.1) is 0 Å². The molecular formula is C8H9F3N2O2. The molecule has 0 bridgehead atoms. The number of aliphatic hydroxyl groups is 1. The summed E-state index contributed by atoms with van der Waals surface area (Å²) in [6, 6.07) is 0. The van der Waals surface area contributed by atoms with E-state index in [1.807, 2.05) is 0 Å². The molecule has 0 atom stereocenters. The molecule has 1 aromatic heterocycles. The molecule has 84 valence electrons. The van der Waals surface area contributed by atoms with E-state index in [1.165, 1.54) is 13.1 Å². The Morgan fingerprint density at radius 3 is 2.60 bits per heavy atom. The lowest BCUT2D eigenvalue weighted by atomic mass is 10.4. The number of rotatable bonds is 3. The minimum Gasteiger partial charge on any atom is -0.467 e. The van der Waals surface area contributed by atoms with Crippen molar-refractivity contribution in [1.82, 2.24) is 9.97 Å². The first-order valence-electron chi connectivity index (χ1n) is 4.05. The first-order valence-corrected chi connectivity index (χ1v) is 4.05. The molecule has 0 aliphatic heterocycles. The van der Waals surface area contributed by atoms with Crippen molar-refractivity contribution in [1.29, 1.82) is 0 Å². The van der Waals surface area contributed by atoms with Gasteiger partial charge in [0, 0.05) is 0 Å². The van der Waals surface area contributed by atoms with E-state index in [9.17, 15) is 13.2 Å². The molecule has 0 saturated heterocycles.